The Morgan fingerprint density at radius 1 is 1.14 bits per heavy atom. The Bertz CT molecular complexity index is 1140. The van der Waals surface area contributed by atoms with Crippen molar-refractivity contribution >= 4 is 23.7 Å². The summed E-state index contributed by atoms with van der Waals surface area (Å²) in [6.45, 7) is 1.93. The molecule has 2 N–H and O–H groups in total. The number of nitrogens with zero attached hydrogens (tertiary/aromatic N) is 2. The van der Waals surface area contributed by atoms with Crippen LogP contribution in [-0.4, -0.2) is 47.1 Å². The summed E-state index contributed by atoms with van der Waals surface area (Å²) in [5, 5.41) is 13.3. The molecule has 0 aliphatic heterocycles. The van der Waals surface area contributed by atoms with Gasteiger partial charge in [0.1, 0.15) is 17.9 Å². The van der Waals surface area contributed by atoms with Crippen LogP contribution in [0.25, 0.3) is 11.0 Å². The number of imidazole rings is 1. The molecule has 1 heterocycles. The Morgan fingerprint density at radius 2 is 1.89 bits per heavy atom. The maximum absolute atomic E-state index is 11.4. The molecule has 0 bridgehead atoms. The van der Waals surface area contributed by atoms with Crippen LogP contribution in [0, 0.1) is 5.92 Å². The lowest BCUT2D eigenvalue weighted by Gasteiger charge is -2.30. The van der Waals surface area contributed by atoms with Crippen LogP contribution < -0.4 is 10.1 Å². The smallest absolute Gasteiger partial charge is 0.207 e. The third kappa shape index (κ3) is 5.25. The monoisotopic (exact) mass is 477 g/mol. The zero-order valence-corrected chi connectivity index (χ0v) is 20.5. The predicted octanol–water partition coefficient (Wildman–Crippen LogP) is 4.17. The molecule has 186 valence electrons. The highest BCUT2D eigenvalue weighted by Crippen LogP contribution is 2.40. The summed E-state index contributed by atoms with van der Waals surface area (Å²) < 4.78 is 8.02. The summed E-state index contributed by atoms with van der Waals surface area (Å²) in [5.74, 6) is 1.48. The average Bonchev–Trinajstić information content (AvgIpc) is 3.27. The molecule has 1 aliphatic rings. The van der Waals surface area contributed by atoms with Gasteiger partial charge in [-0.05, 0) is 63.1 Å². The largest absolute Gasteiger partial charge is 0.496 e. The number of benzene rings is 2. The molecule has 2 aromatic carbocycles. The minimum Gasteiger partial charge on any atom is -0.496 e. The van der Waals surface area contributed by atoms with Gasteiger partial charge in [0.15, 0.2) is 0 Å². The molecule has 35 heavy (non-hydrogen) atoms. The Hall–Kier alpha value is -3.19. The second-order valence-corrected chi connectivity index (χ2v) is 9.53. The normalized spacial score (nSPS) is 19.7. The highest BCUT2D eigenvalue weighted by atomic mass is 16.5. The standard InChI is InChI=1S/C28H35N3O4/c1-19(29-18-34)8-13-23-26(35-2)15-14-25-27(23)30-28(24(17-33)21-6-4-3-5-7-21)31(25)22-11-9-20(16-32)10-12-22/h3-7,14-16,18-20,22,24,33H,8-13,17H2,1-2H3,(H,29,34). The zero-order valence-electron chi connectivity index (χ0n) is 20.5. The van der Waals surface area contributed by atoms with E-state index in [0.717, 1.165) is 78.5 Å². The van der Waals surface area contributed by atoms with Crippen LogP contribution in [0.15, 0.2) is 42.5 Å². The molecule has 1 fully saturated rings. The number of nitrogens with one attached hydrogen (secondary N) is 1. The van der Waals surface area contributed by atoms with Crippen LogP contribution in [0.3, 0.4) is 0 Å². The molecule has 1 saturated carbocycles. The number of fused-ring (bicyclic) bond motifs is 1. The van der Waals surface area contributed by atoms with E-state index in [9.17, 15) is 14.7 Å². The second kappa shape index (κ2) is 11.5. The highest BCUT2D eigenvalue weighted by molar-refractivity contribution is 5.83. The average molecular weight is 478 g/mol. The van der Waals surface area contributed by atoms with E-state index >= 15 is 0 Å². The Labute approximate surface area is 206 Å². The number of ether oxygens (including phenoxy) is 1. The van der Waals surface area contributed by atoms with Crippen LogP contribution in [0.5, 0.6) is 5.75 Å². The lowest BCUT2D eigenvalue weighted by atomic mass is 9.86. The lowest BCUT2D eigenvalue weighted by molar-refractivity contribution is -0.112. The molecule has 1 amide bonds. The summed E-state index contributed by atoms with van der Waals surface area (Å²) in [7, 11) is 1.66. The Kier molecular flexibility index (Phi) is 8.18. The van der Waals surface area contributed by atoms with Gasteiger partial charge < -0.3 is 24.5 Å². The topological polar surface area (TPSA) is 93.4 Å². The van der Waals surface area contributed by atoms with E-state index in [4.69, 9.17) is 9.72 Å². The molecule has 0 spiro atoms. The van der Waals surface area contributed by atoms with Gasteiger partial charge in [-0.2, -0.15) is 0 Å². The minimum absolute atomic E-state index is 0.0298. The number of hydrogen-bond donors (Lipinski definition) is 2. The van der Waals surface area contributed by atoms with Crippen molar-refractivity contribution in [2.24, 2.45) is 5.92 Å². The van der Waals surface area contributed by atoms with Gasteiger partial charge in [-0.25, -0.2) is 4.98 Å². The number of carbonyl (C=O) groups excluding carboxylic acids is 2. The van der Waals surface area contributed by atoms with E-state index in [0.29, 0.717) is 6.42 Å². The van der Waals surface area contributed by atoms with Crippen molar-refractivity contribution in [1.29, 1.82) is 0 Å². The van der Waals surface area contributed by atoms with E-state index in [2.05, 4.69) is 16.0 Å². The molecule has 7 heteroatoms. The fourth-order valence-electron chi connectivity index (χ4n) is 5.36. The van der Waals surface area contributed by atoms with Gasteiger partial charge in [0.25, 0.3) is 0 Å². The first kappa shape index (κ1) is 24.9. The Morgan fingerprint density at radius 3 is 2.51 bits per heavy atom. The quantitative estimate of drug-likeness (QED) is 0.405. The number of aldehydes is 1. The summed E-state index contributed by atoms with van der Waals surface area (Å²) in [5.41, 5.74) is 3.93. The molecule has 1 aliphatic carbocycles. The third-order valence-corrected chi connectivity index (χ3v) is 7.35. The van der Waals surface area contributed by atoms with Crippen molar-refractivity contribution in [3.8, 4) is 5.75 Å². The maximum atomic E-state index is 11.4. The van der Waals surface area contributed by atoms with E-state index in [1.165, 1.54) is 0 Å². The number of aliphatic hydroxyl groups is 1. The van der Waals surface area contributed by atoms with Crippen molar-refractivity contribution in [2.75, 3.05) is 13.7 Å². The molecule has 7 nitrogen and oxygen atoms in total. The second-order valence-electron chi connectivity index (χ2n) is 9.53. The number of methoxy groups -OCH3 is 1. The van der Waals surface area contributed by atoms with E-state index in [1.807, 2.05) is 43.3 Å². The lowest BCUT2D eigenvalue weighted by Crippen LogP contribution is -2.24. The van der Waals surface area contributed by atoms with Gasteiger partial charge >= 0.3 is 0 Å². The SMILES string of the molecule is COc1ccc2c(nc(C(CO)c3ccccc3)n2C2CCC(C=O)CC2)c1CCC(C)NC=O. The van der Waals surface area contributed by atoms with Crippen LogP contribution in [0.1, 0.15) is 67.9 Å². The molecule has 1 aromatic heterocycles. The first-order chi connectivity index (χ1) is 17.1. The number of carbonyl (C=O) groups is 2. The van der Waals surface area contributed by atoms with Gasteiger partial charge in [-0.1, -0.05) is 30.3 Å². The fraction of sp³-hybridized carbons (Fsp3) is 0.464. The van der Waals surface area contributed by atoms with Crippen LogP contribution in [0.2, 0.25) is 0 Å². The summed E-state index contributed by atoms with van der Waals surface area (Å²) >= 11 is 0. The summed E-state index contributed by atoms with van der Waals surface area (Å²) in [6, 6.07) is 14.3. The molecule has 3 aromatic rings. The molecule has 2 atom stereocenters. The zero-order chi connectivity index (χ0) is 24.8. The van der Waals surface area contributed by atoms with Crippen molar-refractivity contribution in [2.45, 2.75) is 63.5 Å². The summed E-state index contributed by atoms with van der Waals surface area (Å²) in [4.78, 5) is 27.4. The van der Waals surface area contributed by atoms with Crippen molar-refractivity contribution in [1.82, 2.24) is 14.9 Å². The number of aromatic nitrogens is 2. The first-order valence-electron chi connectivity index (χ1n) is 12.5. The molecule has 0 radical (unpaired) electrons. The number of aliphatic hydroxyl groups excluding tert-OH is 1. The first-order valence-corrected chi connectivity index (χ1v) is 12.5. The van der Waals surface area contributed by atoms with E-state index in [1.54, 1.807) is 7.11 Å². The molecular formula is C28H35N3O4. The van der Waals surface area contributed by atoms with Crippen molar-refractivity contribution in [3.63, 3.8) is 0 Å². The van der Waals surface area contributed by atoms with Crippen molar-refractivity contribution < 1.29 is 19.4 Å². The number of rotatable bonds is 11. The van der Waals surface area contributed by atoms with Crippen LogP contribution >= 0.6 is 0 Å². The third-order valence-electron chi connectivity index (χ3n) is 7.35. The maximum Gasteiger partial charge on any atom is 0.207 e. The van der Waals surface area contributed by atoms with Gasteiger partial charge in [-0.3, -0.25) is 4.79 Å². The van der Waals surface area contributed by atoms with E-state index < -0.39 is 0 Å². The van der Waals surface area contributed by atoms with Gasteiger partial charge in [0, 0.05) is 23.6 Å². The molecule has 4 rings (SSSR count). The van der Waals surface area contributed by atoms with Gasteiger partial charge in [0.05, 0.1) is 30.7 Å². The minimum atomic E-state index is -0.262. The van der Waals surface area contributed by atoms with Gasteiger partial charge in [0.2, 0.25) is 6.41 Å². The number of hydrogen-bond acceptors (Lipinski definition) is 5. The molecular weight excluding hydrogens is 442 g/mol. The van der Waals surface area contributed by atoms with Crippen LogP contribution in [0.4, 0.5) is 0 Å². The predicted molar refractivity (Wildman–Crippen MR) is 136 cm³/mol. The number of amides is 1. The summed E-state index contributed by atoms with van der Waals surface area (Å²) in [6.07, 6.45) is 6.79. The van der Waals surface area contributed by atoms with Crippen LogP contribution in [-0.2, 0) is 16.0 Å². The molecule has 2 unspecified atom stereocenters. The molecule has 0 saturated heterocycles. The van der Waals surface area contributed by atoms with Crippen molar-refractivity contribution in [3.05, 3.63) is 59.4 Å². The van der Waals surface area contributed by atoms with Gasteiger partial charge in [-0.15, -0.1) is 0 Å². The van der Waals surface area contributed by atoms with E-state index in [-0.39, 0.29) is 30.5 Å². The fourth-order valence-corrected chi connectivity index (χ4v) is 5.36. The Balaban J connectivity index is 1.85. The highest BCUT2D eigenvalue weighted by Gasteiger charge is 2.30. The number of aryl methyl sites for hydroxylation is 1.